The maximum absolute atomic E-state index is 3.68. The molecule has 0 unspecified atom stereocenters. The van der Waals surface area contributed by atoms with E-state index in [-0.39, 0.29) is 17.4 Å². The third-order valence-corrected chi connectivity index (χ3v) is 1.82. The molecule has 3 nitrogen and oxygen atoms in total. The smallest absolute Gasteiger partial charge is 0.342 e. The van der Waals surface area contributed by atoms with Crippen LogP contribution in [-0.2, 0) is 17.4 Å². The van der Waals surface area contributed by atoms with Crippen molar-refractivity contribution in [3.63, 3.8) is 0 Å². The number of hydrogen-bond acceptors (Lipinski definition) is 3. The minimum Gasteiger partial charge on any atom is -0.342 e. The topological polar surface area (TPSA) is 9.72 Å². The van der Waals surface area contributed by atoms with Crippen LogP contribution in [0.2, 0.25) is 0 Å². The maximum Gasteiger partial charge on any atom is 3.00 e. The van der Waals surface area contributed by atoms with Gasteiger partial charge in [0.05, 0.1) is 0 Å². The second-order valence-electron chi connectivity index (χ2n) is 4.97. The Bertz CT molecular complexity index is 105. The Kier molecular flexibility index (Phi) is 34.3. The van der Waals surface area contributed by atoms with Crippen LogP contribution in [0.15, 0.2) is 0 Å². The molecule has 0 aromatic carbocycles. The van der Waals surface area contributed by atoms with Gasteiger partial charge in [-0.05, 0) is 61.9 Å². The van der Waals surface area contributed by atoms with Crippen LogP contribution in [0.1, 0.15) is 19.3 Å². The van der Waals surface area contributed by atoms with E-state index in [1.165, 1.54) is 0 Å². The molecule has 0 spiro atoms. The summed E-state index contributed by atoms with van der Waals surface area (Å²) in [5.74, 6) is 0. The van der Waals surface area contributed by atoms with Gasteiger partial charge in [-0.15, -0.1) is 0 Å². The maximum atomic E-state index is 3.68. The van der Waals surface area contributed by atoms with Crippen LogP contribution >= 0.6 is 0 Å². The van der Waals surface area contributed by atoms with Gasteiger partial charge in [-0.1, -0.05) is 0 Å². The molecule has 0 aliphatic heterocycles. The number of hydrogen-bond donors (Lipinski definition) is 0. The first kappa shape index (κ1) is 27.7. The molecule has 4 heteroatoms. The molecule has 0 rings (SSSR count). The first-order valence-electron chi connectivity index (χ1n) is 6.63. The van der Waals surface area contributed by atoms with Gasteiger partial charge in [-0.25, -0.2) is 0 Å². The van der Waals surface area contributed by atoms with Crippen molar-refractivity contribution in [3.8, 4) is 0 Å². The molecule has 1 radical (unpaired) electrons. The molecule has 0 heterocycles. The second kappa shape index (κ2) is 23.5. The summed E-state index contributed by atoms with van der Waals surface area (Å²) in [7, 11) is 12.3. The van der Waals surface area contributed by atoms with Crippen molar-refractivity contribution >= 4 is 0 Å². The summed E-state index contributed by atoms with van der Waals surface area (Å²) in [5.41, 5.74) is 0. The van der Waals surface area contributed by atoms with Crippen LogP contribution in [0.4, 0.5) is 0 Å². The molecular formula is C15H36CrN3. The van der Waals surface area contributed by atoms with Gasteiger partial charge in [0.25, 0.3) is 0 Å². The SMILES string of the molecule is [CH2-]CCN(C)C.[CH2-]CCN(C)C.[CH2-]CCN(C)C.[Cr+3]. The van der Waals surface area contributed by atoms with Gasteiger partial charge in [0.1, 0.15) is 0 Å². The molecule has 0 atom stereocenters. The van der Waals surface area contributed by atoms with Crippen LogP contribution in [0.25, 0.3) is 0 Å². The van der Waals surface area contributed by atoms with Crippen LogP contribution in [-0.4, -0.2) is 76.6 Å². The van der Waals surface area contributed by atoms with Crippen LogP contribution in [0.3, 0.4) is 0 Å². The van der Waals surface area contributed by atoms with Gasteiger partial charge >= 0.3 is 17.4 Å². The van der Waals surface area contributed by atoms with Crippen molar-refractivity contribution in [1.29, 1.82) is 0 Å². The largest absolute Gasteiger partial charge is 3.00 e. The monoisotopic (exact) mass is 310 g/mol. The third-order valence-electron chi connectivity index (χ3n) is 1.82. The fourth-order valence-electron chi connectivity index (χ4n) is 0.949. The third kappa shape index (κ3) is 56.0. The van der Waals surface area contributed by atoms with Crippen LogP contribution < -0.4 is 0 Å². The molecule has 0 saturated heterocycles. The molecule has 0 amide bonds. The molecule has 0 aliphatic carbocycles. The van der Waals surface area contributed by atoms with E-state index in [9.17, 15) is 0 Å². The van der Waals surface area contributed by atoms with Gasteiger partial charge in [0, 0.05) is 0 Å². The van der Waals surface area contributed by atoms with Crippen LogP contribution in [0.5, 0.6) is 0 Å². The molecule has 0 aromatic heterocycles. The van der Waals surface area contributed by atoms with Gasteiger partial charge in [-0.2, -0.15) is 19.3 Å². The first-order valence-corrected chi connectivity index (χ1v) is 6.63. The standard InChI is InChI=1S/3C5H12N.Cr/c3*1-4-5-6(2)3;/h3*1,4-5H2,2-3H3;/q3*-1;+3. The van der Waals surface area contributed by atoms with E-state index in [0.717, 1.165) is 38.9 Å². The van der Waals surface area contributed by atoms with Gasteiger partial charge in [-0.3, -0.25) is 0 Å². The Morgan fingerprint density at radius 2 is 0.684 bits per heavy atom. The Hall–Kier alpha value is 0.412. The minimum absolute atomic E-state index is 0. The van der Waals surface area contributed by atoms with E-state index in [2.05, 4.69) is 35.5 Å². The molecule has 19 heavy (non-hydrogen) atoms. The van der Waals surface area contributed by atoms with E-state index in [0.29, 0.717) is 0 Å². The predicted octanol–water partition coefficient (Wildman–Crippen LogP) is 2.31. The fraction of sp³-hybridized carbons (Fsp3) is 0.800. The normalized spacial score (nSPS) is 9.47. The summed E-state index contributed by atoms with van der Waals surface area (Å²) in [6, 6.07) is 0. The second-order valence-corrected chi connectivity index (χ2v) is 4.97. The van der Waals surface area contributed by atoms with E-state index in [4.69, 9.17) is 0 Å². The van der Waals surface area contributed by atoms with Crippen molar-refractivity contribution in [3.05, 3.63) is 20.8 Å². The molecule has 117 valence electrons. The zero-order chi connectivity index (χ0) is 15.0. The van der Waals surface area contributed by atoms with Crippen molar-refractivity contribution in [2.24, 2.45) is 0 Å². The Morgan fingerprint density at radius 1 is 0.526 bits per heavy atom. The molecule has 0 aliphatic rings. The number of rotatable bonds is 6. The molecule has 0 N–H and O–H groups in total. The van der Waals surface area contributed by atoms with Crippen molar-refractivity contribution in [2.45, 2.75) is 19.3 Å². The summed E-state index contributed by atoms with van der Waals surface area (Å²) < 4.78 is 0. The number of nitrogens with zero attached hydrogens (tertiary/aromatic N) is 3. The summed E-state index contributed by atoms with van der Waals surface area (Å²) in [6.45, 7) is 14.3. The van der Waals surface area contributed by atoms with Crippen molar-refractivity contribution in [2.75, 3.05) is 61.9 Å². The first-order chi connectivity index (χ1) is 8.31. The van der Waals surface area contributed by atoms with Crippen LogP contribution in [0, 0.1) is 20.8 Å². The molecule has 0 aromatic rings. The van der Waals surface area contributed by atoms with E-state index >= 15 is 0 Å². The van der Waals surface area contributed by atoms with E-state index in [1.807, 2.05) is 42.3 Å². The summed E-state index contributed by atoms with van der Waals surface area (Å²) in [5, 5.41) is 0. The Morgan fingerprint density at radius 3 is 0.684 bits per heavy atom. The van der Waals surface area contributed by atoms with Gasteiger partial charge in [0.15, 0.2) is 0 Å². The summed E-state index contributed by atoms with van der Waals surface area (Å²) in [4.78, 5) is 6.35. The minimum atomic E-state index is 0. The van der Waals surface area contributed by atoms with E-state index < -0.39 is 0 Å². The predicted molar refractivity (Wildman–Crippen MR) is 85.6 cm³/mol. The molecule has 0 saturated carbocycles. The summed E-state index contributed by atoms with van der Waals surface area (Å²) in [6.07, 6.45) is 3.02. The Balaban J connectivity index is -0.0000000865. The van der Waals surface area contributed by atoms with E-state index in [1.54, 1.807) is 0 Å². The average molecular weight is 310 g/mol. The molecular weight excluding hydrogens is 274 g/mol. The fourth-order valence-corrected chi connectivity index (χ4v) is 0.949. The van der Waals surface area contributed by atoms with Crippen molar-refractivity contribution < 1.29 is 17.4 Å². The quantitative estimate of drug-likeness (QED) is 0.697. The molecule has 0 fully saturated rings. The molecule has 0 bridgehead atoms. The average Bonchev–Trinajstić information content (AvgIpc) is 2.18. The zero-order valence-corrected chi connectivity index (χ0v) is 15.4. The van der Waals surface area contributed by atoms with Gasteiger partial charge < -0.3 is 35.5 Å². The van der Waals surface area contributed by atoms with Gasteiger partial charge in [0.2, 0.25) is 0 Å². The zero-order valence-electron chi connectivity index (χ0n) is 14.1. The van der Waals surface area contributed by atoms with Crippen molar-refractivity contribution in [1.82, 2.24) is 14.7 Å². The Labute approximate surface area is 134 Å². The summed E-state index contributed by atoms with van der Waals surface area (Å²) >= 11 is 0.